The molecule has 5 nitrogen and oxygen atoms in total. The van der Waals surface area contributed by atoms with Crippen LogP contribution >= 0.6 is 0 Å². The van der Waals surface area contributed by atoms with Gasteiger partial charge in [0.15, 0.2) is 9.84 Å². The topological polar surface area (TPSA) is 75.3 Å². The molecule has 1 heterocycles. The first-order valence-corrected chi connectivity index (χ1v) is 8.67. The van der Waals surface area contributed by atoms with Crippen molar-refractivity contribution in [2.75, 3.05) is 18.1 Å². The number of nitrogens with one attached hydrogen (secondary N) is 2. The molecule has 1 fully saturated rings. The third-order valence-electron chi connectivity index (χ3n) is 3.54. The summed E-state index contributed by atoms with van der Waals surface area (Å²) in [7, 11) is -3.01. The van der Waals surface area contributed by atoms with Crippen LogP contribution in [-0.4, -0.2) is 38.4 Å². The van der Waals surface area contributed by atoms with Crippen LogP contribution < -0.4 is 10.6 Å². The molecule has 0 aliphatic carbocycles. The van der Waals surface area contributed by atoms with Crippen LogP contribution in [-0.2, 0) is 14.6 Å². The van der Waals surface area contributed by atoms with Gasteiger partial charge in [-0.1, -0.05) is 18.2 Å². The number of benzene rings is 1. The third-order valence-corrected chi connectivity index (χ3v) is 5.31. The van der Waals surface area contributed by atoms with Crippen LogP contribution in [0.3, 0.4) is 0 Å². The molecule has 0 saturated carbocycles. The largest absolute Gasteiger partial charge is 0.351 e. The predicted octanol–water partition coefficient (Wildman–Crippen LogP) is 0.780. The lowest BCUT2D eigenvalue weighted by molar-refractivity contribution is -0.120. The molecule has 2 unspecified atom stereocenters. The van der Waals surface area contributed by atoms with Crippen molar-refractivity contribution in [3.8, 4) is 0 Å². The molecule has 7 heteroatoms. The highest BCUT2D eigenvalue weighted by atomic mass is 32.2. The highest BCUT2D eigenvalue weighted by Crippen LogP contribution is 2.15. The highest BCUT2D eigenvalue weighted by molar-refractivity contribution is 7.91. The van der Waals surface area contributed by atoms with E-state index < -0.39 is 9.84 Å². The summed E-state index contributed by atoms with van der Waals surface area (Å²) in [6.07, 6.45) is 0.455. The van der Waals surface area contributed by atoms with Crippen molar-refractivity contribution < 1.29 is 17.6 Å². The van der Waals surface area contributed by atoms with Crippen LogP contribution in [0.15, 0.2) is 24.3 Å². The number of sulfone groups is 1. The summed E-state index contributed by atoms with van der Waals surface area (Å²) >= 11 is 0. The van der Waals surface area contributed by atoms with Crippen LogP contribution in [0.1, 0.15) is 24.9 Å². The van der Waals surface area contributed by atoms with E-state index in [1.807, 2.05) is 0 Å². The fourth-order valence-corrected chi connectivity index (χ4v) is 4.04. The van der Waals surface area contributed by atoms with Crippen LogP contribution in [0.2, 0.25) is 0 Å². The maximum absolute atomic E-state index is 13.6. The molecule has 116 valence electrons. The second kappa shape index (κ2) is 6.53. The molecule has 2 rings (SSSR count). The molecule has 1 aliphatic rings. The Balaban J connectivity index is 1.80. The minimum Gasteiger partial charge on any atom is -0.351 e. The monoisotopic (exact) mass is 314 g/mol. The minimum absolute atomic E-state index is 0.00159. The maximum Gasteiger partial charge on any atom is 0.234 e. The minimum atomic E-state index is -3.01. The van der Waals surface area contributed by atoms with Gasteiger partial charge in [-0.3, -0.25) is 4.79 Å². The third kappa shape index (κ3) is 4.50. The van der Waals surface area contributed by atoms with Crippen molar-refractivity contribution in [2.45, 2.75) is 25.4 Å². The van der Waals surface area contributed by atoms with Crippen molar-refractivity contribution in [3.63, 3.8) is 0 Å². The van der Waals surface area contributed by atoms with Gasteiger partial charge in [0.1, 0.15) is 5.82 Å². The number of rotatable bonds is 5. The molecule has 1 aliphatic heterocycles. The van der Waals surface area contributed by atoms with E-state index in [-0.39, 0.29) is 41.9 Å². The van der Waals surface area contributed by atoms with Crippen LogP contribution in [0.4, 0.5) is 4.39 Å². The zero-order chi connectivity index (χ0) is 15.5. The van der Waals surface area contributed by atoms with Gasteiger partial charge >= 0.3 is 0 Å². The molecule has 0 aromatic heterocycles. The second-order valence-electron chi connectivity index (χ2n) is 5.29. The van der Waals surface area contributed by atoms with E-state index in [0.29, 0.717) is 12.0 Å². The Bertz CT molecular complexity index is 618. The van der Waals surface area contributed by atoms with Crippen molar-refractivity contribution in [3.05, 3.63) is 35.6 Å². The van der Waals surface area contributed by atoms with Crippen LogP contribution in [0.25, 0.3) is 0 Å². The average molecular weight is 314 g/mol. The number of hydrogen-bond acceptors (Lipinski definition) is 4. The van der Waals surface area contributed by atoms with E-state index in [2.05, 4.69) is 10.6 Å². The molecule has 1 aromatic carbocycles. The fourth-order valence-electron chi connectivity index (χ4n) is 2.37. The molecule has 21 heavy (non-hydrogen) atoms. The molecule has 0 spiro atoms. The first-order chi connectivity index (χ1) is 9.87. The first-order valence-electron chi connectivity index (χ1n) is 6.85. The summed E-state index contributed by atoms with van der Waals surface area (Å²) in [5, 5.41) is 5.61. The zero-order valence-electron chi connectivity index (χ0n) is 11.8. The van der Waals surface area contributed by atoms with Crippen LogP contribution in [0.5, 0.6) is 0 Å². The number of amides is 1. The second-order valence-corrected chi connectivity index (χ2v) is 7.52. The number of carbonyl (C=O) groups excluding carboxylic acids is 1. The van der Waals surface area contributed by atoms with E-state index in [9.17, 15) is 17.6 Å². The molecular formula is C14H19FN2O3S. The van der Waals surface area contributed by atoms with Gasteiger partial charge in [-0.15, -0.1) is 0 Å². The van der Waals surface area contributed by atoms with Gasteiger partial charge in [-0.25, -0.2) is 12.8 Å². The van der Waals surface area contributed by atoms with Gasteiger partial charge in [0, 0.05) is 17.6 Å². The lowest BCUT2D eigenvalue weighted by Crippen LogP contribution is -2.41. The Kier molecular flexibility index (Phi) is 4.95. The smallest absolute Gasteiger partial charge is 0.234 e. The molecular weight excluding hydrogens is 295 g/mol. The quantitative estimate of drug-likeness (QED) is 0.842. The van der Waals surface area contributed by atoms with Gasteiger partial charge in [0.25, 0.3) is 0 Å². The Morgan fingerprint density at radius 2 is 2.14 bits per heavy atom. The molecule has 2 N–H and O–H groups in total. The number of carbonyl (C=O) groups is 1. The normalized spacial score (nSPS) is 21.9. The molecule has 1 aromatic rings. The van der Waals surface area contributed by atoms with E-state index in [4.69, 9.17) is 0 Å². The molecule has 0 bridgehead atoms. The number of halogens is 1. The average Bonchev–Trinajstić information content (AvgIpc) is 2.75. The fraction of sp³-hybridized carbons (Fsp3) is 0.500. The molecule has 1 amide bonds. The van der Waals surface area contributed by atoms with Crippen molar-refractivity contribution in [1.82, 2.24) is 10.6 Å². The Hall–Kier alpha value is -1.47. The predicted molar refractivity (Wildman–Crippen MR) is 78.0 cm³/mol. The summed E-state index contributed by atoms with van der Waals surface area (Å²) in [5.41, 5.74) is 0.494. The lowest BCUT2D eigenvalue weighted by atomic mass is 10.1. The van der Waals surface area contributed by atoms with Crippen molar-refractivity contribution in [2.24, 2.45) is 0 Å². The van der Waals surface area contributed by atoms with Gasteiger partial charge in [0.2, 0.25) is 5.91 Å². The van der Waals surface area contributed by atoms with Crippen molar-refractivity contribution in [1.29, 1.82) is 0 Å². The van der Waals surface area contributed by atoms with Gasteiger partial charge in [0.05, 0.1) is 18.1 Å². The molecule has 2 atom stereocenters. The highest BCUT2D eigenvalue weighted by Gasteiger charge is 2.28. The summed E-state index contributed by atoms with van der Waals surface area (Å²) in [6.45, 7) is 1.79. The van der Waals surface area contributed by atoms with E-state index in [0.717, 1.165) is 0 Å². The van der Waals surface area contributed by atoms with E-state index in [1.165, 1.54) is 6.07 Å². The number of hydrogen-bond donors (Lipinski definition) is 2. The van der Waals surface area contributed by atoms with Crippen molar-refractivity contribution >= 4 is 15.7 Å². The summed E-state index contributed by atoms with van der Waals surface area (Å²) in [6, 6.07) is 5.77. The summed E-state index contributed by atoms with van der Waals surface area (Å²) in [5.74, 6) is -0.474. The summed E-state index contributed by atoms with van der Waals surface area (Å²) in [4.78, 5) is 11.8. The zero-order valence-corrected chi connectivity index (χ0v) is 12.6. The standard InChI is InChI=1S/C14H19FN2O3S/c1-10(12-4-2-3-5-13(12)15)16-8-14(18)17-11-6-7-21(19,20)9-11/h2-5,10-11,16H,6-9H2,1H3,(H,17,18). The van der Waals surface area contributed by atoms with Gasteiger partial charge < -0.3 is 10.6 Å². The Morgan fingerprint density at radius 1 is 1.43 bits per heavy atom. The van der Waals surface area contributed by atoms with E-state index >= 15 is 0 Å². The van der Waals surface area contributed by atoms with E-state index in [1.54, 1.807) is 25.1 Å². The Morgan fingerprint density at radius 3 is 2.76 bits per heavy atom. The molecule has 1 saturated heterocycles. The van der Waals surface area contributed by atoms with Gasteiger partial charge in [-0.05, 0) is 19.4 Å². The summed E-state index contributed by atoms with van der Waals surface area (Å²) < 4.78 is 36.2. The van der Waals surface area contributed by atoms with Crippen LogP contribution in [0, 0.1) is 5.82 Å². The van der Waals surface area contributed by atoms with Gasteiger partial charge in [-0.2, -0.15) is 0 Å². The lowest BCUT2D eigenvalue weighted by Gasteiger charge is -2.16. The Labute approximate surface area is 123 Å². The molecule has 0 radical (unpaired) electrons. The maximum atomic E-state index is 13.6. The SMILES string of the molecule is CC(NCC(=O)NC1CCS(=O)(=O)C1)c1ccccc1F. The first kappa shape index (κ1) is 15.9.